The summed E-state index contributed by atoms with van der Waals surface area (Å²) < 4.78 is 9.90. The minimum atomic E-state index is -0.716. The lowest BCUT2D eigenvalue weighted by molar-refractivity contribution is -0.152. The molecule has 0 radical (unpaired) electrons. The number of carbonyl (C=O) groups is 1. The fraction of sp³-hybridized carbons (Fsp3) is 0.857. The minimum absolute atomic E-state index is 0.0364. The van der Waals surface area contributed by atoms with Gasteiger partial charge in [0.05, 0.1) is 12.7 Å². The van der Waals surface area contributed by atoms with Crippen molar-refractivity contribution in [3.63, 3.8) is 0 Å². The SMILES string of the molecule is CCOC(=O)C(OC(C)C)SCl. The largest absolute Gasteiger partial charge is 0.463 e. The lowest BCUT2D eigenvalue weighted by atomic mass is 10.5. The van der Waals surface area contributed by atoms with E-state index in [1.54, 1.807) is 6.92 Å². The second-order valence-electron chi connectivity index (χ2n) is 2.36. The maximum atomic E-state index is 11.1. The van der Waals surface area contributed by atoms with Gasteiger partial charge in [0.2, 0.25) is 5.44 Å². The first kappa shape index (κ1) is 12.1. The van der Waals surface area contributed by atoms with Crippen molar-refractivity contribution in [2.75, 3.05) is 6.61 Å². The van der Waals surface area contributed by atoms with Crippen LogP contribution in [-0.2, 0) is 14.3 Å². The van der Waals surface area contributed by atoms with Crippen LogP contribution in [0.4, 0.5) is 0 Å². The first-order chi connectivity index (χ1) is 5.61. The number of hydrogen-bond donors (Lipinski definition) is 0. The molecule has 0 rings (SSSR count). The lowest BCUT2D eigenvalue weighted by Gasteiger charge is -2.14. The number of carbonyl (C=O) groups excluding carboxylic acids is 1. The van der Waals surface area contributed by atoms with Crippen LogP contribution in [-0.4, -0.2) is 24.1 Å². The van der Waals surface area contributed by atoms with Crippen LogP contribution < -0.4 is 0 Å². The van der Waals surface area contributed by atoms with Gasteiger partial charge in [0.15, 0.2) is 0 Å². The second-order valence-corrected chi connectivity index (χ2v) is 3.50. The first-order valence-corrected chi connectivity index (χ1v) is 5.41. The molecule has 3 nitrogen and oxygen atoms in total. The smallest absolute Gasteiger partial charge is 0.347 e. The van der Waals surface area contributed by atoms with Crippen molar-refractivity contribution in [3.8, 4) is 0 Å². The zero-order valence-corrected chi connectivity index (χ0v) is 8.95. The Hall–Kier alpha value is 0.0700. The molecule has 0 aliphatic heterocycles. The molecule has 0 aromatic rings. The van der Waals surface area contributed by atoms with Gasteiger partial charge in [-0.05, 0) is 42.4 Å². The summed E-state index contributed by atoms with van der Waals surface area (Å²) in [6, 6.07) is 0. The molecule has 0 saturated carbocycles. The van der Waals surface area contributed by atoms with Crippen LogP contribution in [0.25, 0.3) is 0 Å². The predicted octanol–water partition coefficient (Wildman–Crippen LogP) is 2.19. The number of esters is 1. The monoisotopic (exact) mass is 212 g/mol. The van der Waals surface area contributed by atoms with E-state index in [1.165, 1.54) is 0 Å². The van der Waals surface area contributed by atoms with Crippen LogP contribution in [0.15, 0.2) is 0 Å². The van der Waals surface area contributed by atoms with E-state index in [-0.39, 0.29) is 6.10 Å². The summed E-state index contributed by atoms with van der Waals surface area (Å²) >= 11 is 0. The fourth-order valence-corrected chi connectivity index (χ4v) is 1.32. The third-order valence-corrected chi connectivity index (χ3v) is 1.91. The molecular formula is C7H13ClO3S. The molecule has 0 saturated heterocycles. The topological polar surface area (TPSA) is 35.5 Å². The van der Waals surface area contributed by atoms with Gasteiger partial charge in [-0.3, -0.25) is 0 Å². The van der Waals surface area contributed by atoms with Gasteiger partial charge in [0.25, 0.3) is 0 Å². The molecule has 1 unspecified atom stereocenters. The van der Waals surface area contributed by atoms with Crippen molar-refractivity contribution in [2.45, 2.75) is 32.3 Å². The molecule has 0 amide bonds. The Kier molecular flexibility index (Phi) is 6.61. The molecule has 12 heavy (non-hydrogen) atoms. The van der Waals surface area contributed by atoms with Crippen molar-refractivity contribution in [1.29, 1.82) is 0 Å². The maximum Gasteiger partial charge on any atom is 0.347 e. The van der Waals surface area contributed by atoms with E-state index < -0.39 is 11.4 Å². The highest BCUT2D eigenvalue weighted by atomic mass is 35.7. The van der Waals surface area contributed by atoms with Crippen molar-refractivity contribution in [2.24, 2.45) is 0 Å². The Morgan fingerprint density at radius 2 is 2.17 bits per heavy atom. The Bertz CT molecular complexity index is 141. The van der Waals surface area contributed by atoms with Gasteiger partial charge >= 0.3 is 5.97 Å². The molecule has 0 aliphatic rings. The molecule has 0 aromatic heterocycles. The van der Waals surface area contributed by atoms with Gasteiger partial charge in [-0.1, -0.05) is 0 Å². The summed E-state index contributed by atoms with van der Waals surface area (Å²) in [6.45, 7) is 5.75. The molecule has 0 heterocycles. The summed E-state index contributed by atoms with van der Waals surface area (Å²) in [4.78, 5) is 11.1. The summed E-state index contributed by atoms with van der Waals surface area (Å²) in [7, 11) is 6.25. The van der Waals surface area contributed by atoms with Crippen molar-refractivity contribution in [1.82, 2.24) is 0 Å². The molecular weight excluding hydrogens is 200 g/mol. The van der Waals surface area contributed by atoms with Crippen LogP contribution in [0.3, 0.4) is 0 Å². The van der Waals surface area contributed by atoms with Crippen LogP contribution in [0.1, 0.15) is 20.8 Å². The second kappa shape index (κ2) is 6.57. The van der Waals surface area contributed by atoms with E-state index in [0.29, 0.717) is 6.61 Å². The number of hydrogen-bond acceptors (Lipinski definition) is 4. The minimum Gasteiger partial charge on any atom is -0.463 e. The van der Waals surface area contributed by atoms with Crippen molar-refractivity contribution < 1.29 is 14.3 Å². The van der Waals surface area contributed by atoms with E-state index in [1.807, 2.05) is 13.8 Å². The Labute approximate surface area is 81.2 Å². The molecule has 0 aromatic carbocycles. The summed E-state index contributed by atoms with van der Waals surface area (Å²) in [5.74, 6) is -0.425. The van der Waals surface area contributed by atoms with E-state index >= 15 is 0 Å². The predicted molar refractivity (Wildman–Crippen MR) is 50.1 cm³/mol. The normalized spacial score (nSPS) is 13.1. The number of rotatable bonds is 5. The highest BCUT2D eigenvalue weighted by Crippen LogP contribution is 2.19. The number of halogens is 1. The third kappa shape index (κ3) is 4.85. The summed E-state index contributed by atoms with van der Waals surface area (Å²) in [5, 5.41) is 0. The van der Waals surface area contributed by atoms with Crippen LogP contribution in [0.5, 0.6) is 0 Å². The molecule has 1 atom stereocenters. The van der Waals surface area contributed by atoms with E-state index in [9.17, 15) is 4.79 Å². The molecule has 5 heteroatoms. The highest BCUT2D eigenvalue weighted by Gasteiger charge is 2.21. The van der Waals surface area contributed by atoms with Gasteiger partial charge in [-0.15, -0.1) is 0 Å². The van der Waals surface area contributed by atoms with Gasteiger partial charge in [-0.25, -0.2) is 4.79 Å². The van der Waals surface area contributed by atoms with Crippen molar-refractivity contribution in [3.05, 3.63) is 0 Å². The molecule has 0 bridgehead atoms. The third-order valence-electron chi connectivity index (χ3n) is 0.956. The summed E-state index contributed by atoms with van der Waals surface area (Å²) in [6.07, 6.45) is -0.0364. The fourth-order valence-electron chi connectivity index (χ4n) is 0.570. The summed E-state index contributed by atoms with van der Waals surface area (Å²) in [5.41, 5.74) is -0.716. The van der Waals surface area contributed by atoms with Gasteiger partial charge in [0.1, 0.15) is 0 Å². The first-order valence-electron chi connectivity index (χ1n) is 3.71. The van der Waals surface area contributed by atoms with E-state index in [4.69, 9.17) is 20.2 Å². The molecule has 0 aliphatic carbocycles. The van der Waals surface area contributed by atoms with Gasteiger partial charge < -0.3 is 9.47 Å². The van der Waals surface area contributed by atoms with E-state index in [2.05, 4.69) is 0 Å². The Balaban J connectivity index is 3.87. The van der Waals surface area contributed by atoms with Crippen molar-refractivity contribution >= 4 is 27.6 Å². The Morgan fingerprint density at radius 3 is 2.50 bits per heavy atom. The molecule has 72 valence electrons. The lowest BCUT2D eigenvalue weighted by Crippen LogP contribution is -2.25. The molecule has 0 N–H and O–H groups in total. The van der Waals surface area contributed by atoms with Crippen LogP contribution >= 0.6 is 21.7 Å². The molecule has 0 fully saturated rings. The average Bonchev–Trinajstić information content (AvgIpc) is 2.00. The van der Waals surface area contributed by atoms with E-state index in [0.717, 1.165) is 11.0 Å². The zero-order chi connectivity index (χ0) is 9.56. The number of ether oxygens (including phenoxy) is 2. The Morgan fingerprint density at radius 1 is 1.58 bits per heavy atom. The maximum absolute atomic E-state index is 11.1. The average molecular weight is 213 g/mol. The zero-order valence-electron chi connectivity index (χ0n) is 7.37. The van der Waals surface area contributed by atoms with Gasteiger partial charge in [-0.2, -0.15) is 0 Å². The quantitative estimate of drug-likeness (QED) is 0.517. The van der Waals surface area contributed by atoms with Gasteiger partial charge in [0, 0.05) is 0 Å². The van der Waals surface area contributed by atoms with Crippen LogP contribution in [0, 0.1) is 0 Å². The molecule has 0 spiro atoms. The highest BCUT2D eigenvalue weighted by molar-refractivity contribution is 8.21. The van der Waals surface area contributed by atoms with Crippen LogP contribution in [0.2, 0.25) is 0 Å². The standard InChI is InChI=1S/C7H13ClO3S/c1-4-10-6(9)7(12-8)11-5(2)3/h5,7H,4H2,1-3H3.